The lowest BCUT2D eigenvalue weighted by Crippen LogP contribution is -1.85. The highest BCUT2D eigenvalue weighted by Crippen LogP contribution is 2.25. The maximum absolute atomic E-state index is 7.52. The normalized spacial score (nSPS) is 14.1. The van der Waals surface area contributed by atoms with Crippen molar-refractivity contribution in [2.75, 3.05) is 0 Å². The molecule has 0 atom stereocenters. The molecule has 0 nitrogen and oxygen atoms in total. The third kappa shape index (κ3) is 2.30. The summed E-state index contributed by atoms with van der Waals surface area (Å²) >= 11 is 9.71. The van der Waals surface area contributed by atoms with E-state index in [4.69, 9.17) is 2.74 Å². The maximum atomic E-state index is 7.52. The molecule has 0 saturated heterocycles. The smallest absolute Gasteiger partial charge is 0.0437 e. The lowest BCUT2D eigenvalue weighted by molar-refractivity contribution is 1.31. The Balaban J connectivity index is 3.24. The van der Waals surface area contributed by atoms with Gasteiger partial charge in [0.25, 0.3) is 0 Å². The summed E-state index contributed by atoms with van der Waals surface area (Å²) in [6.45, 7) is 0. The van der Waals surface area contributed by atoms with Gasteiger partial charge in [-0.05, 0) is 11.1 Å². The quantitative estimate of drug-likeness (QED) is 0.704. The molecule has 0 heterocycles. The van der Waals surface area contributed by atoms with Gasteiger partial charge in [0.05, 0.1) is 0 Å². The highest BCUT2D eigenvalue weighted by molar-refractivity contribution is 9.11. The van der Waals surface area contributed by atoms with Crippen LogP contribution < -0.4 is 0 Å². The number of rotatable bonds is 2. The van der Waals surface area contributed by atoms with E-state index in [1.807, 2.05) is 12.1 Å². The Kier molecular flexibility index (Phi) is 2.99. The first-order valence-electron chi connectivity index (χ1n) is 3.99. The van der Waals surface area contributed by atoms with E-state index in [0.29, 0.717) is 10.9 Å². The van der Waals surface area contributed by atoms with Crippen molar-refractivity contribution in [3.8, 4) is 0 Å². The fourth-order valence-corrected chi connectivity index (χ4v) is 2.70. The van der Waals surface area contributed by atoms with Crippen molar-refractivity contribution in [2.24, 2.45) is 0 Å². The van der Waals surface area contributed by atoms with Gasteiger partial charge in [0, 0.05) is 17.8 Å². The van der Waals surface area contributed by atoms with Crippen molar-refractivity contribution in [2.45, 2.75) is 10.6 Å². The lowest BCUT2D eigenvalue weighted by Gasteiger charge is -2.03. The van der Waals surface area contributed by atoms with Crippen molar-refractivity contribution in [3.05, 3.63) is 33.8 Å². The monoisotopic (exact) mass is 342 g/mol. The van der Waals surface area contributed by atoms with Gasteiger partial charge in [0.1, 0.15) is 0 Å². The van der Waals surface area contributed by atoms with Gasteiger partial charge in [-0.15, -0.1) is 0 Å². The second kappa shape index (κ2) is 4.63. The molecule has 11 heavy (non-hydrogen) atoms. The highest BCUT2D eigenvalue weighted by Gasteiger charge is 2.01. The van der Waals surface area contributed by atoms with Crippen LogP contribution >= 0.6 is 47.8 Å². The second-order valence-corrected chi connectivity index (χ2v) is 3.76. The van der Waals surface area contributed by atoms with Gasteiger partial charge in [-0.2, -0.15) is 0 Å². The zero-order valence-corrected chi connectivity index (χ0v) is 10.3. The minimum absolute atomic E-state index is 0.615. The van der Waals surface area contributed by atoms with E-state index in [1.165, 1.54) is 0 Å². The zero-order chi connectivity index (χ0) is 10.1. The Morgan fingerprint density at radius 1 is 1.27 bits per heavy atom. The summed E-state index contributed by atoms with van der Waals surface area (Å²) < 4.78 is 15.9. The van der Waals surface area contributed by atoms with Crippen molar-refractivity contribution in [3.63, 3.8) is 0 Å². The number of benzene rings is 1. The molecule has 0 aromatic heterocycles. The average molecular weight is 345 g/mol. The molecule has 0 unspecified atom stereocenters. The van der Waals surface area contributed by atoms with E-state index in [-0.39, 0.29) is 0 Å². The van der Waals surface area contributed by atoms with E-state index in [0.717, 1.165) is 10.0 Å². The molecule has 0 bridgehead atoms. The van der Waals surface area contributed by atoms with Crippen LogP contribution in [0.15, 0.2) is 22.7 Å². The molecule has 0 aliphatic rings. The SMILES string of the molecule is [2H]C([2H])(Br)c1cccc(CBr)c1Br. The van der Waals surface area contributed by atoms with Crippen LogP contribution in [-0.2, 0) is 10.6 Å². The fraction of sp³-hybridized carbons (Fsp3) is 0.250. The van der Waals surface area contributed by atoms with Gasteiger partial charge >= 0.3 is 0 Å². The van der Waals surface area contributed by atoms with E-state index in [9.17, 15) is 0 Å². The van der Waals surface area contributed by atoms with E-state index in [2.05, 4.69) is 47.8 Å². The minimum Gasteiger partial charge on any atom is -0.0876 e. The third-order valence-electron chi connectivity index (χ3n) is 1.32. The number of hydrogen-bond acceptors (Lipinski definition) is 0. The van der Waals surface area contributed by atoms with Crippen LogP contribution in [0.3, 0.4) is 0 Å². The molecular weight excluding hydrogens is 336 g/mol. The van der Waals surface area contributed by atoms with Gasteiger partial charge in [-0.25, -0.2) is 0 Å². The summed E-state index contributed by atoms with van der Waals surface area (Å²) in [6.07, 6.45) is 0. The van der Waals surface area contributed by atoms with Gasteiger partial charge < -0.3 is 0 Å². The van der Waals surface area contributed by atoms with E-state index < -0.39 is 5.28 Å². The summed E-state index contributed by atoms with van der Waals surface area (Å²) in [4.78, 5) is 0. The molecule has 1 aromatic carbocycles. The first-order chi connectivity index (χ1) is 5.96. The third-order valence-corrected chi connectivity index (χ3v) is 3.29. The summed E-state index contributed by atoms with van der Waals surface area (Å²) in [7, 11) is 0. The molecule has 60 valence electrons. The average Bonchev–Trinajstić information content (AvgIpc) is 2.02. The Morgan fingerprint density at radius 3 is 2.45 bits per heavy atom. The number of hydrogen-bond donors (Lipinski definition) is 0. The number of alkyl halides is 2. The van der Waals surface area contributed by atoms with Gasteiger partial charge in [0.15, 0.2) is 0 Å². The van der Waals surface area contributed by atoms with E-state index in [1.54, 1.807) is 6.07 Å². The van der Waals surface area contributed by atoms with Crippen molar-refractivity contribution >= 4 is 47.8 Å². The standard InChI is InChI=1S/C8H7Br3/c9-4-6-2-1-3-7(5-10)8(6)11/h1-3H,4-5H2/i4D2. The summed E-state index contributed by atoms with van der Waals surface area (Å²) in [6, 6.07) is 5.54. The predicted octanol–water partition coefficient (Wildman–Crippen LogP) is 4.24. The van der Waals surface area contributed by atoms with Gasteiger partial charge in [0.2, 0.25) is 0 Å². The molecular formula is C8H7Br3. The summed E-state index contributed by atoms with van der Waals surface area (Å²) in [5, 5.41) is -0.769. The molecule has 0 aliphatic heterocycles. The Morgan fingerprint density at radius 2 is 1.91 bits per heavy atom. The Hall–Kier alpha value is 0.660. The molecule has 0 spiro atoms. The zero-order valence-electron chi connectivity index (χ0n) is 7.57. The van der Waals surface area contributed by atoms with E-state index >= 15 is 0 Å². The van der Waals surface area contributed by atoms with Crippen LogP contribution in [-0.4, -0.2) is 0 Å². The molecule has 3 heteroatoms. The topological polar surface area (TPSA) is 0 Å². The van der Waals surface area contributed by atoms with Crippen LogP contribution in [0.25, 0.3) is 0 Å². The molecule has 0 fully saturated rings. The summed E-state index contributed by atoms with van der Waals surface area (Å²) in [5.74, 6) is 0. The van der Waals surface area contributed by atoms with Crippen LogP contribution in [0.2, 0.25) is 0 Å². The summed E-state index contributed by atoms with van der Waals surface area (Å²) in [5.41, 5.74) is 1.66. The molecule has 0 radical (unpaired) electrons. The Bertz CT molecular complexity index is 307. The molecule has 1 aromatic rings. The molecule has 0 aliphatic carbocycles. The van der Waals surface area contributed by atoms with Crippen LogP contribution in [0.1, 0.15) is 13.9 Å². The fourth-order valence-electron chi connectivity index (χ4n) is 0.756. The number of halogens is 3. The van der Waals surface area contributed by atoms with Crippen LogP contribution in [0.4, 0.5) is 0 Å². The van der Waals surface area contributed by atoms with Crippen molar-refractivity contribution in [1.82, 2.24) is 0 Å². The molecule has 0 N–H and O–H groups in total. The largest absolute Gasteiger partial charge is 0.0876 e. The van der Waals surface area contributed by atoms with Crippen LogP contribution in [0.5, 0.6) is 0 Å². The van der Waals surface area contributed by atoms with Crippen LogP contribution in [0, 0.1) is 0 Å². The highest BCUT2D eigenvalue weighted by atomic mass is 79.9. The van der Waals surface area contributed by atoms with Gasteiger partial charge in [-0.3, -0.25) is 0 Å². The first-order valence-corrected chi connectivity index (χ1v) is 5.70. The van der Waals surface area contributed by atoms with Crippen molar-refractivity contribution in [1.29, 1.82) is 0 Å². The lowest BCUT2D eigenvalue weighted by atomic mass is 10.2. The first kappa shape index (κ1) is 7.10. The minimum atomic E-state index is -1.48. The Labute approximate surface area is 94.6 Å². The van der Waals surface area contributed by atoms with Crippen molar-refractivity contribution < 1.29 is 2.74 Å². The maximum Gasteiger partial charge on any atom is 0.0437 e. The second-order valence-electron chi connectivity index (χ2n) is 2.01. The molecule has 1 rings (SSSR count). The molecule has 0 saturated carbocycles. The predicted molar refractivity (Wildman–Crippen MR) is 59.4 cm³/mol. The molecule has 0 amide bonds. The van der Waals surface area contributed by atoms with Gasteiger partial charge in [-0.1, -0.05) is 66.0 Å².